The number of nitrogens with one attached hydrogen (secondary N) is 1. The molecule has 1 aromatic rings. The summed E-state index contributed by atoms with van der Waals surface area (Å²) in [6, 6.07) is 4.17. The molecule has 0 spiro atoms. The molecule has 1 aromatic carbocycles. The van der Waals surface area contributed by atoms with Crippen molar-refractivity contribution in [1.82, 2.24) is 10.4 Å². The SMILES string of the molecule is CC(C)c1ccc(F)c(CNC(=O)N(C)O)c1. The van der Waals surface area contributed by atoms with Gasteiger partial charge in [-0.3, -0.25) is 5.21 Å². The average Bonchev–Trinajstić information content (AvgIpc) is 2.26. The second-order valence-corrected chi connectivity index (χ2v) is 4.19. The minimum Gasteiger partial charge on any atom is -0.332 e. The maximum Gasteiger partial charge on any atom is 0.341 e. The lowest BCUT2D eigenvalue weighted by Crippen LogP contribution is -2.34. The van der Waals surface area contributed by atoms with Gasteiger partial charge in [0.15, 0.2) is 0 Å². The van der Waals surface area contributed by atoms with Crippen molar-refractivity contribution in [3.63, 3.8) is 0 Å². The normalized spacial score (nSPS) is 10.5. The standard InChI is InChI=1S/C12H17FN2O2/c1-8(2)9-4-5-11(13)10(6-9)7-14-12(16)15(3)17/h4-6,8,17H,7H2,1-3H3,(H,14,16). The van der Waals surface area contributed by atoms with Gasteiger partial charge < -0.3 is 5.32 Å². The van der Waals surface area contributed by atoms with Crippen LogP contribution in [0.15, 0.2) is 18.2 Å². The summed E-state index contributed by atoms with van der Waals surface area (Å²) in [7, 11) is 1.20. The van der Waals surface area contributed by atoms with E-state index in [1.54, 1.807) is 12.1 Å². The molecule has 0 unspecified atom stereocenters. The molecule has 2 amide bonds. The van der Waals surface area contributed by atoms with E-state index in [1.807, 2.05) is 13.8 Å². The Kier molecular flexibility index (Phi) is 4.45. The molecule has 0 heterocycles. The van der Waals surface area contributed by atoms with Gasteiger partial charge in [0.2, 0.25) is 0 Å². The van der Waals surface area contributed by atoms with E-state index < -0.39 is 6.03 Å². The first-order chi connectivity index (χ1) is 7.91. The first-order valence-corrected chi connectivity index (χ1v) is 5.40. The van der Waals surface area contributed by atoms with E-state index in [0.717, 1.165) is 5.56 Å². The van der Waals surface area contributed by atoms with Gasteiger partial charge in [-0.2, -0.15) is 0 Å². The molecule has 1 rings (SSSR count). The van der Waals surface area contributed by atoms with Crippen LogP contribution < -0.4 is 5.32 Å². The Balaban J connectivity index is 2.76. The maximum atomic E-state index is 13.5. The van der Waals surface area contributed by atoms with Crippen LogP contribution in [-0.4, -0.2) is 23.3 Å². The number of urea groups is 1. The zero-order chi connectivity index (χ0) is 13.0. The van der Waals surface area contributed by atoms with Crippen molar-refractivity contribution in [3.05, 3.63) is 35.1 Å². The second kappa shape index (κ2) is 5.63. The van der Waals surface area contributed by atoms with E-state index >= 15 is 0 Å². The first-order valence-electron chi connectivity index (χ1n) is 5.40. The highest BCUT2D eigenvalue weighted by molar-refractivity contribution is 5.72. The number of benzene rings is 1. The van der Waals surface area contributed by atoms with Crippen molar-refractivity contribution >= 4 is 6.03 Å². The largest absolute Gasteiger partial charge is 0.341 e. The van der Waals surface area contributed by atoms with Crippen molar-refractivity contribution in [2.75, 3.05) is 7.05 Å². The van der Waals surface area contributed by atoms with Crippen LogP contribution >= 0.6 is 0 Å². The molecule has 0 radical (unpaired) electrons. The van der Waals surface area contributed by atoms with E-state index in [4.69, 9.17) is 5.21 Å². The summed E-state index contributed by atoms with van der Waals surface area (Å²) in [5.74, 6) is -0.0686. The molecular formula is C12H17FN2O2. The summed E-state index contributed by atoms with van der Waals surface area (Å²) in [4.78, 5) is 11.1. The lowest BCUT2D eigenvalue weighted by molar-refractivity contribution is -0.0184. The first kappa shape index (κ1) is 13.4. The molecular weight excluding hydrogens is 223 g/mol. The van der Waals surface area contributed by atoms with E-state index in [0.29, 0.717) is 16.5 Å². The number of amides is 2. The van der Waals surface area contributed by atoms with Crippen LogP contribution in [0.1, 0.15) is 30.9 Å². The third-order valence-electron chi connectivity index (χ3n) is 2.46. The fourth-order valence-electron chi connectivity index (χ4n) is 1.37. The van der Waals surface area contributed by atoms with Gasteiger partial charge in [-0.1, -0.05) is 26.0 Å². The van der Waals surface area contributed by atoms with Crippen LogP contribution in [0.2, 0.25) is 0 Å². The van der Waals surface area contributed by atoms with Crippen molar-refractivity contribution in [1.29, 1.82) is 0 Å². The molecule has 0 saturated carbocycles. The van der Waals surface area contributed by atoms with E-state index in [2.05, 4.69) is 5.32 Å². The van der Waals surface area contributed by atoms with Crippen LogP contribution in [0.4, 0.5) is 9.18 Å². The number of hydroxylamine groups is 2. The highest BCUT2D eigenvalue weighted by Gasteiger charge is 2.09. The Morgan fingerprint density at radius 3 is 2.71 bits per heavy atom. The van der Waals surface area contributed by atoms with Gasteiger partial charge in [0.25, 0.3) is 0 Å². The lowest BCUT2D eigenvalue weighted by Gasteiger charge is -2.12. The quantitative estimate of drug-likeness (QED) is 0.630. The van der Waals surface area contributed by atoms with Crippen molar-refractivity contribution in [3.8, 4) is 0 Å². The zero-order valence-electron chi connectivity index (χ0n) is 10.2. The van der Waals surface area contributed by atoms with Crippen LogP contribution in [0.25, 0.3) is 0 Å². The molecule has 0 aliphatic carbocycles. The minimum absolute atomic E-state index is 0.0517. The van der Waals surface area contributed by atoms with Gasteiger partial charge in [-0.25, -0.2) is 14.2 Å². The van der Waals surface area contributed by atoms with Crippen molar-refractivity contribution < 1.29 is 14.4 Å². The van der Waals surface area contributed by atoms with Gasteiger partial charge in [-0.15, -0.1) is 0 Å². The van der Waals surface area contributed by atoms with Gasteiger partial charge >= 0.3 is 6.03 Å². The average molecular weight is 240 g/mol. The molecule has 0 fully saturated rings. The number of hydrogen-bond donors (Lipinski definition) is 2. The maximum absolute atomic E-state index is 13.5. The Bertz CT molecular complexity index is 405. The van der Waals surface area contributed by atoms with E-state index in [-0.39, 0.29) is 12.4 Å². The fourth-order valence-corrected chi connectivity index (χ4v) is 1.37. The summed E-state index contributed by atoms with van der Waals surface area (Å²) in [5, 5.41) is 11.7. The van der Waals surface area contributed by atoms with Crippen molar-refractivity contribution in [2.24, 2.45) is 0 Å². The topological polar surface area (TPSA) is 52.6 Å². The van der Waals surface area contributed by atoms with Crippen LogP contribution in [0.5, 0.6) is 0 Å². The van der Waals surface area contributed by atoms with Crippen LogP contribution in [0, 0.1) is 5.82 Å². The third-order valence-corrected chi connectivity index (χ3v) is 2.46. The molecule has 0 bridgehead atoms. The van der Waals surface area contributed by atoms with Crippen molar-refractivity contribution in [2.45, 2.75) is 26.3 Å². The van der Waals surface area contributed by atoms with Gasteiger partial charge in [0.05, 0.1) is 0 Å². The highest BCUT2D eigenvalue weighted by atomic mass is 19.1. The number of carbonyl (C=O) groups is 1. The summed E-state index contributed by atoms with van der Waals surface area (Å²) in [6.45, 7) is 4.07. The number of nitrogens with zero attached hydrogens (tertiary/aromatic N) is 1. The smallest absolute Gasteiger partial charge is 0.332 e. The molecule has 0 saturated heterocycles. The Labute approximate surface area is 100 Å². The van der Waals surface area contributed by atoms with E-state index in [9.17, 15) is 9.18 Å². The fraction of sp³-hybridized carbons (Fsp3) is 0.417. The van der Waals surface area contributed by atoms with Gasteiger partial charge in [0, 0.05) is 19.2 Å². The molecule has 94 valence electrons. The second-order valence-electron chi connectivity index (χ2n) is 4.19. The van der Waals surface area contributed by atoms with Crippen LogP contribution in [0.3, 0.4) is 0 Å². The molecule has 0 atom stereocenters. The summed E-state index contributed by atoms with van der Waals surface area (Å²) >= 11 is 0. The predicted molar refractivity (Wildman–Crippen MR) is 62.3 cm³/mol. The number of carbonyl (C=O) groups excluding carboxylic acids is 1. The monoisotopic (exact) mass is 240 g/mol. The molecule has 2 N–H and O–H groups in total. The molecule has 0 aromatic heterocycles. The Morgan fingerprint density at radius 2 is 2.18 bits per heavy atom. The summed E-state index contributed by atoms with van der Waals surface area (Å²) < 4.78 is 13.5. The number of hydrogen-bond acceptors (Lipinski definition) is 2. The Morgan fingerprint density at radius 1 is 1.53 bits per heavy atom. The number of halogens is 1. The molecule has 5 heteroatoms. The molecule has 0 aliphatic heterocycles. The lowest BCUT2D eigenvalue weighted by atomic mass is 10.0. The zero-order valence-corrected chi connectivity index (χ0v) is 10.2. The predicted octanol–water partition coefficient (Wildman–Crippen LogP) is 2.48. The van der Waals surface area contributed by atoms with E-state index in [1.165, 1.54) is 13.1 Å². The summed E-state index contributed by atoms with van der Waals surface area (Å²) in [5.41, 5.74) is 1.42. The third kappa shape index (κ3) is 3.71. The molecule has 0 aliphatic rings. The molecule has 4 nitrogen and oxygen atoms in total. The summed E-state index contributed by atoms with van der Waals surface area (Å²) in [6.07, 6.45) is 0. The van der Waals surface area contributed by atoms with Crippen LogP contribution in [-0.2, 0) is 6.54 Å². The highest BCUT2D eigenvalue weighted by Crippen LogP contribution is 2.18. The van der Waals surface area contributed by atoms with Gasteiger partial charge in [0.1, 0.15) is 5.82 Å². The Hall–Kier alpha value is -1.62. The minimum atomic E-state index is -0.667. The van der Waals surface area contributed by atoms with Gasteiger partial charge in [-0.05, 0) is 17.5 Å². The molecule has 17 heavy (non-hydrogen) atoms. The number of rotatable bonds is 3.